The number of nitrogens with zero attached hydrogens (tertiary/aromatic N) is 3. The van der Waals surface area contributed by atoms with Crippen molar-refractivity contribution in [2.24, 2.45) is 11.0 Å². The van der Waals surface area contributed by atoms with Crippen molar-refractivity contribution in [1.29, 1.82) is 0 Å². The van der Waals surface area contributed by atoms with Gasteiger partial charge in [0.25, 0.3) is 11.8 Å². The number of imide groups is 1. The second-order valence-corrected chi connectivity index (χ2v) is 6.96. The van der Waals surface area contributed by atoms with Crippen molar-refractivity contribution in [3.63, 3.8) is 0 Å². The molecular formula is C17H19FN6O3. The fourth-order valence-electron chi connectivity index (χ4n) is 3.41. The Morgan fingerprint density at radius 2 is 2.04 bits per heavy atom. The molecule has 0 radical (unpaired) electrons. The van der Waals surface area contributed by atoms with Crippen molar-refractivity contribution in [3.05, 3.63) is 30.1 Å². The summed E-state index contributed by atoms with van der Waals surface area (Å²) in [4.78, 5) is 36.3. The molecule has 142 valence electrons. The third-order valence-electron chi connectivity index (χ3n) is 5.01. The number of hydrazine groups is 1. The summed E-state index contributed by atoms with van der Waals surface area (Å²) < 4.78 is 13.1. The van der Waals surface area contributed by atoms with Crippen molar-refractivity contribution in [2.45, 2.75) is 18.4 Å². The lowest BCUT2D eigenvalue weighted by Gasteiger charge is -2.26. The predicted molar refractivity (Wildman–Crippen MR) is 94.1 cm³/mol. The molecule has 1 aromatic rings. The van der Waals surface area contributed by atoms with Crippen LogP contribution in [0.5, 0.6) is 0 Å². The molecule has 9 nitrogen and oxygen atoms in total. The highest BCUT2D eigenvalue weighted by atomic mass is 19.1. The second kappa shape index (κ2) is 6.31. The summed E-state index contributed by atoms with van der Waals surface area (Å²) in [6.07, 6.45) is 1.65. The maximum absolute atomic E-state index is 13.1. The fraction of sp³-hybridized carbons (Fsp3) is 0.412. The highest BCUT2D eigenvalue weighted by Crippen LogP contribution is 2.41. The van der Waals surface area contributed by atoms with Crippen molar-refractivity contribution >= 4 is 29.2 Å². The van der Waals surface area contributed by atoms with Crippen molar-refractivity contribution < 1.29 is 18.8 Å². The molecule has 1 aromatic carbocycles. The molecule has 0 aromatic heterocycles. The molecule has 2 aliphatic heterocycles. The molecule has 0 bridgehead atoms. The van der Waals surface area contributed by atoms with E-state index in [-0.39, 0.29) is 30.5 Å². The minimum absolute atomic E-state index is 0.00730. The van der Waals surface area contributed by atoms with E-state index in [0.717, 1.165) is 12.8 Å². The summed E-state index contributed by atoms with van der Waals surface area (Å²) in [5, 5.41) is 15.1. The fourth-order valence-corrected chi connectivity index (χ4v) is 3.41. The van der Waals surface area contributed by atoms with Gasteiger partial charge < -0.3 is 10.6 Å². The van der Waals surface area contributed by atoms with E-state index in [1.54, 1.807) is 24.2 Å². The zero-order valence-corrected chi connectivity index (χ0v) is 14.7. The SMILES string of the molecule is CN1CC(C(=O)NC[C@@]2(C3CC3)NC(=O)NC2=O)=NN1c1ccc(F)cc1. The molecule has 10 heteroatoms. The molecule has 0 unspecified atom stereocenters. The van der Waals surface area contributed by atoms with Gasteiger partial charge in [0.05, 0.1) is 18.8 Å². The number of rotatable bonds is 5. The average molecular weight is 374 g/mol. The number of hydrogen-bond donors (Lipinski definition) is 3. The van der Waals surface area contributed by atoms with Crippen molar-refractivity contribution in [2.75, 3.05) is 25.3 Å². The van der Waals surface area contributed by atoms with Crippen LogP contribution in [0.4, 0.5) is 14.9 Å². The Hall–Kier alpha value is -3.01. The maximum atomic E-state index is 13.1. The zero-order chi connectivity index (χ0) is 19.2. The molecule has 4 amide bonds. The van der Waals surface area contributed by atoms with E-state index < -0.39 is 23.4 Å². The molecule has 2 fully saturated rings. The molecule has 0 spiro atoms. The standard InChI is InChI=1S/C17H19FN6O3/c1-23-8-13(22-24(23)12-6-4-11(18)5-7-12)14(25)19-9-17(10-2-3-10)15(26)20-16(27)21-17/h4-7,10H,2-3,8-9H2,1H3,(H,19,25)(H2,20,21,26,27)/t17-/m0/s1. The summed E-state index contributed by atoms with van der Waals surface area (Å²) in [7, 11) is 1.75. The molecule has 1 aliphatic carbocycles. The molecule has 3 N–H and O–H groups in total. The van der Waals surface area contributed by atoms with Gasteiger partial charge in [0.1, 0.15) is 17.1 Å². The first-order valence-corrected chi connectivity index (χ1v) is 8.65. The Morgan fingerprint density at radius 1 is 1.33 bits per heavy atom. The summed E-state index contributed by atoms with van der Waals surface area (Å²) in [5.74, 6) is -1.16. The van der Waals surface area contributed by atoms with Gasteiger partial charge in [-0.3, -0.25) is 14.9 Å². The van der Waals surface area contributed by atoms with Crippen LogP contribution in [0.3, 0.4) is 0 Å². The number of carbonyl (C=O) groups is 3. The van der Waals surface area contributed by atoms with Crippen LogP contribution in [0.15, 0.2) is 29.4 Å². The van der Waals surface area contributed by atoms with Crippen LogP contribution in [0.1, 0.15) is 12.8 Å². The smallest absolute Gasteiger partial charge is 0.322 e. The first kappa shape index (κ1) is 17.4. The Labute approximate surface area is 154 Å². The second-order valence-electron chi connectivity index (χ2n) is 6.96. The quantitative estimate of drug-likeness (QED) is 0.627. The van der Waals surface area contributed by atoms with Crippen molar-refractivity contribution in [3.8, 4) is 0 Å². The number of anilines is 1. The minimum Gasteiger partial charge on any atom is -0.348 e. The maximum Gasteiger partial charge on any atom is 0.322 e. The van der Waals surface area contributed by atoms with E-state index in [9.17, 15) is 18.8 Å². The number of benzene rings is 1. The zero-order valence-electron chi connectivity index (χ0n) is 14.7. The predicted octanol–water partition coefficient (Wildman–Crippen LogP) is -0.0471. The van der Waals surface area contributed by atoms with E-state index >= 15 is 0 Å². The molecule has 3 aliphatic rings. The monoisotopic (exact) mass is 374 g/mol. The number of carbonyl (C=O) groups excluding carboxylic acids is 3. The van der Waals surface area contributed by atoms with Gasteiger partial charge in [-0.25, -0.2) is 9.18 Å². The highest BCUT2D eigenvalue weighted by molar-refractivity contribution is 6.40. The molecular weight excluding hydrogens is 355 g/mol. The first-order chi connectivity index (χ1) is 12.9. The van der Waals surface area contributed by atoms with Crippen LogP contribution in [0, 0.1) is 11.7 Å². The number of hydrazone groups is 1. The Morgan fingerprint density at radius 3 is 2.63 bits per heavy atom. The van der Waals surface area contributed by atoms with E-state index in [4.69, 9.17) is 0 Å². The lowest BCUT2D eigenvalue weighted by molar-refractivity contribution is -0.125. The van der Waals surface area contributed by atoms with E-state index in [0.29, 0.717) is 5.69 Å². The van der Waals surface area contributed by atoms with Gasteiger partial charge in [-0.05, 0) is 43.0 Å². The van der Waals surface area contributed by atoms with E-state index in [1.807, 2.05) is 0 Å². The van der Waals surface area contributed by atoms with Gasteiger partial charge in [-0.15, -0.1) is 0 Å². The number of urea groups is 1. The van der Waals surface area contributed by atoms with Gasteiger partial charge in [-0.2, -0.15) is 15.2 Å². The van der Waals surface area contributed by atoms with Crippen LogP contribution in [0.25, 0.3) is 0 Å². The largest absolute Gasteiger partial charge is 0.348 e. The Balaban J connectivity index is 1.45. The third-order valence-corrected chi connectivity index (χ3v) is 5.01. The minimum atomic E-state index is -1.09. The van der Waals surface area contributed by atoms with Crippen LogP contribution < -0.4 is 21.1 Å². The summed E-state index contributed by atoms with van der Waals surface area (Å²) in [6.45, 7) is 0.269. The Kier molecular flexibility index (Phi) is 4.06. The van der Waals surface area contributed by atoms with Crippen LogP contribution in [0.2, 0.25) is 0 Å². The van der Waals surface area contributed by atoms with Crippen molar-refractivity contribution in [1.82, 2.24) is 21.0 Å². The Bertz CT molecular complexity index is 838. The van der Waals surface area contributed by atoms with E-state index in [1.165, 1.54) is 17.3 Å². The summed E-state index contributed by atoms with van der Waals surface area (Å²) in [5.41, 5.74) is -0.204. The normalized spacial score (nSPS) is 25.3. The highest BCUT2D eigenvalue weighted by Gasteiger charge is 2.56. The summed E-state index contributed by atoms with van der Waals surface area (Å²) in [6, 6.07) is 5.23. The lowest BCUT2D eigenvalue weighted by Crippen LogP contribution is -2.57. The van der Waals surface area contributed by atoms with Crippen LogP contribution in [-0.2, 0) is 9.59 Å². The lowest BCUT2D eigenvalue weighted by atomic mass is 9.93. The number of halogens is 1. The average Bonchev–Trinajstić information content (AvgIpc) is 3.35. The van der Waals surface area contributed by atoms with Gasteiger partial charge in [-0.1, -0.05) is 0 Å². The summed E-state index contributed by atoms with van der Waals surface area (Å²) >= 11 is 0. The van der Waals surface area contributed by atoms with E-state index in [2.05, 4.69) is 21.1 Å². The van der Waals surface area contributed by atoms with Gasteiger partial charge in [0.15, 0.2) is 0 Å². The molecule has 1 saturated heterocycles. The number of hydrogen-bond acceptors (Lipinski definition) is 6. The molecule has 1 saturated carbocycles. The molecule has 1 atom stereocenters. The molecule has 2 heterocycles. The molecule has 27 heavy (non-hydrogen) atoms. The van der Waals surface area contributed by atoms with Crippen LogP contribution >= 0.6 is 0 Å². The number of amides is 4. The topological polar surface area (TPSA) is 106 Å². The third kappa shape index (κ3) is 3.12. The molecule has 4 rings (SSSR count). The van der Waals surface area contributed by atoms with Gasteiger partial charge in [0, 0.05) is 7.05 Å². The van der Waals surface area contributed by atoms with Gasteiger partial charge >= 0.3 is 6.03 Å². The van der Waals surface area contributed by atoms with Gasteiger partial charge in [0.2, 0.25) is 0 Å². The van der Waals surface area contributed by atoms with Crippen LogP contribution in [-0.4, -0.2) is 54.2 Å². The number of nitrogens with one attached hydrogen (secondary N) is 3. The first-order valence-electron chi connectivity index (χ1n) is 8.65.